The molecule has 0 saturated carbocycles. The second-order valence-corrected chi connectivity index (χ2v) is 12.6. The van der Waals surface area contributed by atoms with Gasteiger partial charge in [0, 0.05) is 0 Å². The van der Waals surface area contributed by atoms with Gasteiger partial charge in [0.1, 0.15) is 47.8 Å². The Bertz CT molecular complexity index is 1360. The van der Waals surface area contributed by atoms with Crippen LogP contribution in [0.2, 0.25) is 0 Å². The molecule has 0 aromatic carbocycles. The van der Waals surface area contributed by atoms with Crippen molar-refractivity contribution in [2.24, 2.45) is 0 Å². The number of nitrogens with one attached hydrogen (secondary N) is 2. The van der Waals surface area contributed by atoms with Gasteiger partial charge in [-0.1, -0.05) is 0 Å². The number of aromatic nitrogens is 3. The molecule has 6 N–H and O–H groups in total. The van der Waals surface area contributed by atoms with Crippen LogP contribution in [-0.2, 0) is 38.5 Å². The van der Waals surface area contributed by atoms with Crippen molar-refractivity contribution in [3.8, 4) is 6.07 Å². The van der Waals surface area contributed by atoms with E-state index in [2.05, 4.69) is 20.3 Å². The SMILES string of the molecule is CC(C)OC(=O)C(C)NP(=O)(NC(C)C(=O)OC(C)C)OCC1OC(C#N)(c2ccc3c(N)ncnn23)C(C)(O)C1O. The fourth-order valence-electron chi connectivity index (χ4n) is 4.42. The summed E-state index contributed by atoms with van der Waals surface area (Å²) in [4.78, 5) is 28.8. The second kappa shape index (κ2) is 12.6. The summed E-state index contributed by atoms with van der Waals surface area (Å²) in [6, 6.07) is 2.59. The number of aliphatic hydroxyl groups is 2. The van der Waals surface area contributed by atoms with Gasteiger partial charge >= 0.3 is 19.6 Å². The Hall–Kier alpha value is -3.16. The smallest absolute Gasteiger partial charge is 0.342 e. The second-order valence-electron chi connectivity index (χ2n) is 10.7. The number of ether oxygens (including phenoxy) is 3. The molecule has 6 atom stereocenters. The molecule has 3 heterocycles. The molecule has 6 unspecified atom stereocenters. The molecule has 1 saturated heterocycles. The van der Waals surface area contributed by atoms with Crippen LogP contribution < -0.4 is 15.9 Å². The lowest BCUT2D eigenvalue weighted by Crippen LogP contribution is -2.52. The zero-order chi connectivity index (χ0) is 31.6. The first kappa shape index (κ1) is 33.3. The van der Waals surface area contributed by atoms with E-state index in [4.69, 9.17) is 24.5 Å². The minimum Gasteiger partial charge on any atom is -0.462 e. The quantitative estimate of drug-likeness (QED) is 0.163. The van der Waals surface area contributed by atoms with E-state index in [0.29, 0.717) is 5.52 Å². The van der Waals surface area contributed by atoms with E-state index in [0.717, 1.165) is 6.33 Å². The van der Waals surface area contributed by atoms with Crippen LogP contribution in [0.4, 0.5) is 5.82 Å². The van der Waals surface area contributed by atoms with Gasteiger partial charge in [0.15, 0.2) is 5.82 Å². The Balaban J connectivity index is 1.90. The first-order valence-corrected chi connectivity index (χ1v) is 14.9. The van der Waals surface area contributed by atoms with Gasteiger partial charge in [0.05, 0.1) is 24.5 Å². The number of carbonyl (C=O) groups is 2. The van der Waals surface area contributed by atoms with E-state index in [-0.39, 0.29) is 11.5 Å². The molecular formula is C25H38N7O9P. The summed E-state index contributed by atoms with van der Waals surface area (Å²) in [6.07, 6.45) is -2.91. The molecule has 2 aromatic heterocycles. The van der Waals surface area contributed by atoms with Gasteiger partial charge in [0.25, 0.3) is 0 Å². The van der Waals surface area contributed by atoms with Crippen LogP contribution in [0.1, 0.15) is 54.2 Å². The third-order valence-corrected chi connectivity index (χ3v) is 8.49. The number of hydrogen-bond acceptors (Lipinski definition) is 13. The van der Waals surface area contributed by atoms with Crippen molar-refractivity contribution in [2.75, 3.05) is 12.3 Å². The Morgan fingerprint density at radius 3 is 2.21 bits per heavy atom. The number of nitriles is 1. The van der Waals surface area contributed by atoms with E-state index in [1.807, 2.05) is 6.07 Å². The van der Waals surface area contributed by atoms with Crippen LogP contribution >= 0.6 is 7.67 Å². The van der Waals surface area contributed by atoms with Gasteiger partial charge in [-0.2, -0.15) is 10.4 Å². The summed E-state index contributed by atoms with van der Waals surface area (Å²) in [6.45, 7) is 9.89. The molecular weight excluding hydrogens is 573 g/mol. The summed E-state index contributed by atoms with van der Waals surface area (Å²) in [5.41, 5.74) is 1.89. The van der Waals surface area contributed by atoms with Gasteiger partial charge in [0.2, 0.25) is 5.60 Å². The topological polar surface area (TPSA) is 233 Å². The molecule has 0 bridgehead atoms. The normalized spacial score (nSPS) is 27.0. The number of rotatable bonds is 12. The largest absolute Gasteiger partial charge is 0.462 e. The van der Waals surface area contributed by atoms with Crippen molar-refractivity contribution in [2.45, 2.75) is 96.2 Å². The van der Waals surface area contributed by atoms with E-state index in [1.165, 1.54) is 37.4 Å². The maximum absolute atomic E-state index is 14.0. The summed E-state index contributed by atoms with van der Waals surface area (Å²) < 4.78 is 37.1. The lowest BCUT2D eigenvalue weighted by Gasteiger charge is -2.33. The lowest BCUT2D eigenvalue weighted by molar-refractivity contribution is -0.149. The number of aliphatic hydroxyl groups excluding tert-OH is 1. The molecule has 1 aliphatic heterocycles. The molecule has 16 nitrogen and oxygen atoms in total. The molecule has 3 rings (SSSR count). The molecule has 42 heavy (non-hydrogen) atoms. The highest BCUT2D eigenvalue weighted by molar-refractivity contribution is 7.54. The predicted molar refractivity (Wildman–Crippen MR) is 147 cm³/mol. The highest BCUT2D eigenvalue weighted by atomic mass is 31.2. The number of nitrogen functional groups attached to an aromatic ring is 1. The highest BCUT2D eigenvalue weighted by Gasteiger charge is 2.65. The van der Waals surface area contributed by atoms with Crippen molar-refractivity contribution < 1.29 is 43.1 Å². The highest BCUT2D eigenvalue weighted by Crippen LogP contribution is 2.49. The Kier molecular flexibility index (Phi) is 10.0. The van der Waals surface area contributed by atoms with Gasteiger partial charge in [-0.3, -0.25) is 14.2 Å². The zero-order valence-corrected chi connectivity index (χ0v) is 25.4. The minimum atomic E-state index is -4.30. The molecule has 0 radical (unpaired) electrons. The van der Waals surface area contributed by atoms with Crippen molar-refractivity contribution >= 4 is 30.9 Å². The van der Waals surface area contributed by atoms with E-state index in [1.54, 1.807) is 27.7 Å². The zero-order valence-electron chi connectivity index (χ0n) is 24.5. The van der Waals surface area contributed by atoms with Crippen LogP contribution in [-0.4, -0.2) is 85.5 Å². The number of anilines is 1. The van der Waals surface area contributed by atoms with Crippen LogP contribution in [0.5, 0.6) is 0 Å². The average molecular weight is 612 g/mol. The van der Waals surface area contributed by atoms with Crippen molar-refractivity contribution in [1.82, 2.24) is 24.8 Å². The molecule has 1 fully saturated rings. The average Bonchev–Trinajstić information content (AvgIpc) is 3.40. The van der Waals surface area contributed by atoms with Crippen LogP contribution in [0.3, 0.4) is 0 Å². The summed E-state index contributed by atoms with van der Waals surface area (Å²) in [5.74, 6) is -1.37. The Morgan fingerprint density at radius 2 is 1.71 bits per heavy atom. The minimum absolute atomic E-state index is 0.0511. The van der Waals surface area contributed by atoms with Gasteiger partial charge < -0.3 is 34.7 Å². The van der Waals surface area contributed by atoms with E-state index >= 15 is 0 Å². The summed E-state index contributed by atoms with van der Waals surface area (Å²) >= 11 is 0. The fourth-order valence-corrected chi connectivity index (χ4v) is 6.23. The number of carbonyl (C=O) groups excluding carboxylic acids is 2. The van der Waals surface area contributed by atoms with Crippen molar-refractivity contribution in [3.63, 3.8) is 0 Å². The van der Waals surface area contributed by atoms with Crippen LogP contribution in [0.25, 0.3) is 5.52 Å². The number of nitrogens with zero attached hydrogens (tertiary/aromatic N) is 4. The Labute approximate surface area is 243 Å². The number of esters is 2. The molecule has 17 heteroatoms. The number of hydrogen-bond donors (Lipinski definition) is 5. The fraction of sp³-hybridized carbons (Fsp3) is 0.640. The van der Waals surface area contributed by atoms with Crippen molar-refractivity contribution in [3.05, 3.63) is 24.2 Å². The van der Waals surface area contributed by atoms with Gasteiger partial charge in [-0.05, 0) is 60.6 Å². The first-order chi connectivity index (χ1) is 19.5. The Morgan fingerprint density at radius 1 is 1.17 bits per heavy atom. The number of fused-ring (bicyclic) bond motifs is 1. The van der Waals surface area contributed by atoms with E-state index < -0.39 is 73.9 Å². The molecule has 0 amide bonds. The lowest BCUT2D eigenvalue weighted by atomic mass is 9.80. The van der Waals surface area contributed by atoms with Gasteiger partial charge in [-0.15, -0.1) is 0 Å². The summed E-state index contributed by atoms with van der Waals surface area (Å²) in [5, 5.41) is 41.9. The summed E-state index contributed by atoms with van der Waals surface area (Å²) in [7, 11) is -4.30. The molecule has 0 aliphatic carbocycles. The molecule has 2 aromatic rings. The van der Waals surface area contributed by atoms with Crippen molar-refractivity contribution in [1.29, 1.82) is 5.26 Å². The molecule has 1 aliphatic rings. The van der Waals surface area contributed by atoms with Gasteiger partial charge in [-0.25, -0.2) is 19.7 Å². The molecule has 232 valence electrons. The third kappa shape index (κ3) is 6.57. The van der Waals surface area contributed by atoms with E-state index in [9.17, 15) is 29.6 Å². The predicted octanol–water partition coefficient (Wildman–Crippen LogP) is 0.525. The monoisotopic (exact) mass is 611 g/mol. The van der Waals surface area contributed by atoms with Crippen LogP contribution in [0.15, 0.2) is 18.5 Å². The maximum atomic E-state index is 14.0. The maximum Gasteiger partial charge on any atom is 0.342 e. The first-order valence-electron chi connectivity index (χ1n) is 13.3. The van der Waals surface area contributed by atoms with Crippen LogP contribution in [0, 0.1) is 11.3 Å². The third-order valence-electron chi connectivity index (χ3n) is 6.53. The number of nitrogens with two attached hydrogens (primary N) is 1. The standard InChI is InChI=1S/C25H38N7O9P/c1-13(2)39-22(34)15(5)30-42(37,31-16(6)23(35)40-14(3)4)38-10-18-20(33)24(7,36)25(11-26,41-18)19-9-8-17-21(27)28-12-29-32(17)19/h8-9,12-16,18,20,33,36H,10H2,1-7H3,(H2,27,28,29)(H2,30,31,37). The molecule has 0 spiro atoms.